The Morgan fingerprint density at radius 2 is 1.97 bits per heavy atom. The lowest BCUT2D eigenvalue weighted by Crippen LogP contribution is -2.54. The van der Waals surface area contributed by atoms with E-state index < -0.39 is 23.5 Å². The average molecular weight is 457 g/mol. The van der Waals surface area contributed by atoms with E-state index in [2.05, 4.69) is 36.3 Å². The van der Waals surface area contributed by atoms with Gasteiger partial charge in [-0.05, 0) is 87.5 Å². The lowest BCUT2D eigenvalue weighted by Gasteiger charge is -2.58. The number of nitrogens with zero attached hydrogens (tertiary/aromatic N) is 1. The highest BCUT2D eigenvalue weighted by molar-refractivity contribution is 5.96. The van der Waals surface area contributed by atoms with Crippen molar-refractivity contribution in [1.29, 1.82) is 0 Å². The molecule has 3 N–H and O–H groups in total. The minimum atomic E-state index is -1.09. The highest BCUT2D eigenvalue weighted by Gasteiger charge is 2.63. The zero-order valence-corrected chi connectivity index (χ0v) is 19.9. The zero-order chi connectivity index (χ0) is 24.0. The first-order valence-electron chi connectivity index (χ1n) is 12.2. The first kappa shape index (κ1) is 23.8. The zero-order valence-electron chi connectivity index (χ0n) is 19.9. The van der Waals surface area contributed by atoms with Crippen molar-refractivity contribution in [2.24, 2.45) is 33.7 Å². The highest BCUT2D eigenvalue weighted by atomic mass is 16.6. The summed E-state index contributed by atoms with van der Waals surface area (Å²) < 4.78 is 0. The summed E-state index contributed by atoms with van der Waals surface area (Å²) in [6.07, 6.45) is 15.6. The number of aliphatic hydroxyl groups is 1. The standard InChI is InChI=1S/C26H36N2O5/c1-5-26(32)13-10-21-19-7-6-17-14-18(28-33-15-22(29)27-16(2)23(30)31)8-11-24(17,3)20(19)9-12-25(21,26)4/h1,14,16,19-21,32H,6-13,15H2,2-4H3,(H,27,29)(H,30,31)/t16?,19-,20+,21+,24+,25+,26-/m1/s1. The molecule has 4 rings (SSSR count). The van der Waals surface area contributed by atoms with Crippen molar-refractivity contribution >= 4 is 17.6 Å². The van der Waals surface area contributed by atoms with Crippen LogP contribution >= 0.6 is 0 Å². The van der Waals surface area contributed by atoms with Crippen LogP contribution in [0.4, 0.5) is 0 Å². The Morgan fingerprint density at radius 3 is 2.67 bits per heavy atom. The number of carboxylic acids is 1. The molecule has 1 amide bonds. The van der Waals surface area contributed by atoms with Gasteiger partial charge in [0, 0.05) is 5.41 Å². The number of hydrogen-bond acceptors (Lipinski definition) is 5. The van der Waals surface area contributed by atoms with Crippen molar-refractivity contribution in [3.8, 4) is 12.3 Å². The molecule has 1 unspecified atom stereocenters. The minimum Gasteiger partial charge on any atom is -0.480 e. The lowest BCUT2D eigenvalue weighted by atomic mass is 9.46. The van der Waals surface area contributed by atoms with Crippen LogP contribution in [0.15, 0.2) is 16.8 Å². The number of carboxylic acid groups (broad SMARTS) is 1. The number of amides is 1. The van der Waals surface area contributed by atoms with Crippen LogP contribution in [-0.4, -0.2) is 46.1 Å². The van der Waals surface area contributed by atoms with Crippen LogP contribution in [0.2, 0.25) is 0 Å². The van der Waals surface area contributed by atoms with Crippen molar-refractivity contribution in [2.45, 2.75) is 83.8 Å². The SMILES string of the molecule is C#C[C@@]1(O)CC[C@H]2[C@@H]3CCC4=CC(=NOCC(=O)NC(C)C(=O)O)CC[C@]4(C)[C@H]3CC[C@@]21C. The predicted octanol–water partition coefficient (Wildman–Crippen LogP) is 3.28. The maximum Gasteiger partial charge on any atom is 0.325 e. The van der Waals surface area contributed by atoms with E-state index >= 15 is 0 Å². The number of hydrogen-bond donors (Lipinski definition) is 3. The molecule has 7 heteroatoms. The third kappa shape index (κ3) is 3.86. The van der Waals surface area contributed by atoms with Crippen LogP contribution < -0.4 is 5.32 Å². The Morgan fingerprint density at radius 1 is 1.24 bits per heavy atom. The molecule has 0 aromatic rings. The molecular formula is C26H36N2O5. The summed E-state index contributed by atoms with van der Waals surface area (Å²) in [5.74, 6) is 2.80. The van der Waals surface area contributed by atoms with Gasteiger partial charge in [-0.25, -0.2) is 0 Å². The minimum absolute atomic E-state index is 0.119. The number of carbonyl (C=O) groups is 2. The Hall–Kier alpha value is -2.33. The van der Waals surface area contributed by atoms with Gasteiger partial charge in [0.15, 0.2) is 6.61 Å². The molecule has 7 nitrogen and oxygen atoms in total. The van der Waals surface area contributed by atoms with E-state index in [-0.39, 0.29) is 17.4 Å². The fraction of sp³-hybridized carbons (Fsp3) is 0.731. The smallest absolute Gasteiger partial charge is 0.325 e. The van der Waals surface area contributed by atoms with Crippen molar-refractivity contribution in [2.75, 3.05) is 6.61 Å². The number of aliphatic carboxylic acids is 1. The van der Waals surface area contributed by atoms with Gasteiger partial charge in [0.05, 0.1) is 5.71 Å². The summed E-state index contributed by atoms with van der Waals surface area (Å²) in [5, 5.41) is 26.5. The van der Waals surface area contributed by atoms with E-state index in [0.717, 1.165) is 50.7 Å². The van der Waals surface area contributed by atoms with Crippen LogP contribution in [-0.2, 0) is 14.4 Å². The van der Waals surface area contributed by atoms with E-state index in [1.165, 1.54) is 12.5 Å². The van der Waals surface area contributed by atoms with Crippen LogP contribution in [0.1, 0.15) is 72.1 Å². The van der Waals surface area contributed by atoms with Gasteiger partial charge in [-0.15, -0.1) is 6.42 Å². The predicted molar refractivity (Wildman–Crippen MR) is 124 cm³/mol. The molecule has 0 aromatic heterocycles. The van der Waals surface area contributed by atoms with E-state index in [1.54, 1.807) is 0 Å². The molecule has 180 valence electrons. The van der Waals surface area contributed by atoms with Crippen molar-refractivity contribution in [1.82, 2.24) is 5.32 Å². The van der Waals surface area contributed by atoms with Gasteiger partial charge in [-0.1, -0.05) is 30.5 Å². The number of allylic oxidation sites excluding steroid dienone is 2. The number of fused-ring (bicyclic) bond motifs is 5. The number of terminal acetylenes is 1. The van der Waals surface area contributed by atoms with Gasteiger partial charge < -0.3 is 20.4 Å². The number of carbonyl (C=O) groups excluding carboxylic acids is 1. The van der Waals surface area contributed by atoms with Crippen molar-refractivity contribution in [3.05, 3.63) is 11.6 Å². The molecule has 3 fully saturated rings. The summed E-state index contributed by atoms with van der Waals surface area (Å²) >= 11 is 0. The third-order valence-corrected chi connectivity index (χ3v) is 9.49. The first-order valence-corrected chi connectivity index (χ1v) is 12.2. The molecule has 4 aliphatic rings. The normalized spacial score (nSPS) is 41.6. The van der Waals surface area contributed by atoms with Gasteiger partial charge >= 0.3 is 5.97 Å². The van der Waals surface area contributed by atoms with Crippen molar-refractivity contribution in [3.63, 3.8) is 0 Å². The first-order chi connectivity index (χ1) is 15.5. The monoisotopic (exact) mass is 456 g/mol. The Balaban J connectivity index is 1.43. The van der Waals surface area contributed by atoms with Gasteiger partial charge in [-0.3, -0.25) is 9.59 Å². The molecule has 33 heavy (non-hydrogen) atoms. The van der Waals surface area contributed by atoms with Gasteiger partial charge in [0.2, 0.25) is 0 Å². The van der Waals surface area contributed by atoms with Crippen LogP contribution in [0.3, 0.4) is 0 Å². The molecule has 0 spiro atoms. The molecule has 0 bridgehead atoms. The van der Waals surface area contributed by atoms with Gasteiger partial charge in [0.1, 0.15) is 11.6 Å². The average Bonchev–Trinajstić information content (AvgIpc) is 3.05. The fourth-order valence-corrected chi connectivity index (χ4v) is 7.41. The summed E-state index contributed by atoms with van der Waals surface area (Å²) in [6.45, 7) is 5.70. The van der Waals surface area contributed by atoms with Gasteiger partial charge in [0.25, 0.3) is 5.91 Å². The van der Waals surface area contributed by atoms with Crippen molar-refractivity contribution < 1.29 is 24.6 Å². The summed E-state index contributed by atoms with van der Waals surface area (Å²) in [7, 11) is 0. The molecular weight excluding hydrogens is 420 g/mol. The maximum atomic E-state index is 11.8. The second-order valence-electron chi connectivity index (χ2n) is 11.0. The van der Waals surface area contributed by atoms with E-state index in [0.29, 0.717) is 24.2 Å². The summed E-state index contributed by atoms with van der Waals surface area (Å²) in [5.41, 5.74) is 1.21. The molecule has 4 aliphatic carbocycles. The molecule has 0 aromatic carbocycles. The lowest BCUT2D eigenvalue weighted by molar-refractivity contribution is -0.142. The van der Waals surface area contributed by atoms with Crippen LogP contribution in [0, 0.1) is 40.9 Å². The molecule has 3 saturated carbocycles. The topological polar surface area (TPSA) is 108 Å². The molecule has 0 aliphatic heterocycles. The third-order valence-electron chi connectivity index (χ3n) is 9.49. The van der Waals surface area contributed by atoms with Gasteiger partial charge in [-0.2, -0.15) is 0 Å². The molecule has 0 radical (unpaired) electrons. The number of nitrogens with one attached hydrogen (secondary N) is 1. The Kier molecular flexibility index (Phi) is 6.11. The highest BCUT2D eigenvalue weighted by Crippen LogP contribution is 2.67. The number of oxime groups is 1. The Bertz CT molecular complexity index is 935. The molecule has 0 saturated heterocycles. The second kappa shape index (κ2) is 8.47. The van der Waals surface area contributed by atoms with E-state index in [4.69, 9.17) is 16.4 Å². The molecule has 0 heterocycles. The van der Waals surface area contributed by atoms with E-state index in [9.17, 15) is 14.7 Å². The molecule has 7 atom stereocenters. The Labute approximate surface area is 196 Å². The fourth-order valence-electron chi connectivity index (χ4n) is 7.41. The summed E-state index contributed by atoms with van der Waals surface area (Å²) in [4.78, 5) is 27.9. The van der Waals surface area contributed by atoms with E-state index in [1.807, 2.05) is 0 Å². The summed E-state index contributed by atoms with van der Waals surface area (Å²) in [6, 6.07) is -0.963. The second-order valence-corrected chi connectivity index (χ2v) is 11.0. The maximum absolute atomic E-state index is 11.8. The van der Waals surface area contributed by atoms with Crippen LogP contribution in [0.5, 0.6) is 0 Å². The quantitative estimate of drug-likeness (QED) is 0.435. The number of rotatable bonds is 5. The van der Waals surface area contributed by atoms with Crippen LogP contribution in [0.25, 0.3) is 0 Å². The largest absolute Gasteiger partial charge is 0.480 e.